The van der Waals surface area contributed by atoms with Crippen LogP contribution in [0.5, 0.6) is 0 Å². The van der Waals surface area contributed by atoms with Gasteiger partial charge in [0.2, 0.25) is 0 Å². The average molecular weight is 249 g/mol. The van der Waals surface area contributed by atoms with Crippen molar-refractivity contribution in [3.63, 3.8) is 0 Å². The molecule has 0 aliphatic rings. The molecule has 4 nitrogen and oxygen atoms in total. The number of benzene rings is 1. The molecule has 3 rings (SSSR count). The molecule has 0 radical (unpaired) electrons. The molecule has 92 valence electrons. The molecule has 0 atom stereocenters. The minimum absolute atomic E-state index is 0.213. The summed E-state index contributed by atoms with van der Waals surface area (Å²) in [6.07, 6.45) is 1.91. The van der Waals surface area contributed by atoms with Gasteiger partial charge in [0, 0.05) is 16.6 Å². The summed E-state index contributed by atoms with van der Waals surface area (Å²) < 4.78 is 5.52. The van der Waals surface area contributed by atoms with Crippen molar-refractivity contribution in [2.24, 2.45) is 0 Å². The van der Waals surface area contributed by atoms with Crippen LogP contribution in [0.4, 0.5) is 0 Å². The first-order valence-corrected chi connectivity index (χ1v) is 5.96. The van der Waals surface area contributed by atoms with E-state index in [1.54, 1.807) is 6.26 Å². The quantitative estimate of drug-likeness (QED) is 0.699. The van der Waals surface area contributed by atoms with Gasteiger partial charge in [0.1, 0.15) is 17.7 Å². The summed E-state index contributed by atoms with van der Waals surface area (Å²) in [5, 5.41) is 9.77. The molecule has 3 aromatic rings. The fourth-order valence-electron chi connectivity index (χ4n) is 2.09. The predicted octanol–water partition coefficient (Wildman–Crippen LogP) is 3.26. The Morgan fingerprint density at radius 2 is 2.11 bits per heavy atom. The molecular formula is C15H11N3O. The highest BCUT2D eigenvalue weighted by Gasteiger charge is 2.10. The molecule has 0 aliphatic carbocycles. The van der Waals surface area contributed by atoms with Gasteiger partial charge in [-0.1, -0.05) is 18.2 Å². The second-order valence-corrected chi connectivity index (χ2v) is 4.29. The zero-order valence-electron chi connectivity index (χ0n) is 10.4. The fraction of sp³-hybridized carbons (Fsp3) is 0.133. The van der Waals surface area contributed by atoms with Crippen LogP contribution in [-0.4, -0.2) is 9.97 Å². The Balaban J connectivity index is 2.19. The summed E-state index contributed by atoms with van der Waals surface area (Å²) in [4.78, 5) is 8.67. The van der Waals surface area contributed by atoms with Gasteiger partial charge in [-0.3, -0.25) is 0 Å². The first-order valence-electron chi connectivity index (χ1n) is 5.96. The number of para-hydroxylation sites is 1. The largest absolute Gasteiger partial charge is 0.464 e. The van der Waals surface area contributed by atoms with Gasteiger partial charge in [0.05, 0.1) is 18.2 Å². The maximum absolute atomic E-state index is 8.76. The molecule has 0 spiro atoms. The van der Waals surface area contributed by atoms with Crippen molar-refractivity contribution in [3.8, 4) is 17.3 Å². The van der Waals surface area contributed by atoms with E-state index in [0.29, 0.717) is 5.82 Å². The predicted molar refractivity (Wildman–Crippen MR) is 71.3 cm³/mol. The number of hydrogen-bond acceptors (Lipinski definition) is 4. The average Bonchev–Trinajstić information content (AvgIpc) is 2.82. The summed E-state index contributed by atoms with van der Waals surface area (Å²) in [6, 6.07) is 11.8. The lowest BCUT2D eigenvalue weighted by Crippen LogP contribution is -1.97. The van der Waals surface area contributed by atoms with Crippen LogP contribution in [0, 0.1) is 18.3 Å². The topological polar surface area (TPSA) is 62.7 Å². The second kappa shape index (κ2) is 4.54. The first kappa shape index (κ1) is 11.4. The Bertz CT molecular complexity index is 783. The van der Waals surface area contributed by atoms with Gasteiger partial charge in [-0.05, 0) is 19.1 Å². The minimum atomic E-state index is 0.213. The first-order chi connectivity index (χ1) is 9.28. The number of nitrogens with zero attached hydrogens (tertiary/aromatic N) is 3. The summed E-state index contributed by atoms with van der Waals surface area (Å²) in [6.45, 7) is 1.90. The van der Waals surface area contributed by atoms with Crippen LogP contribution in [0.25, 0.3) is 22.2 Å². The van der Waals surface area contributed by atoms with Gasteiger partial charge in [0.25, 0.3) is 0 Å². The Labute approximate surface area is 110 Å². The van der Waals surface area contributed by atoms with Crippen LogP contribution < -0.4 is 0 Å². The van der Waals surface area contributed by atoms with Crippen LogP contribution in [-0.2, 0) is 6.42 Å². The van der Waals surface area contributed by atoms with Gasteiger partial charge in [-0.15, -0.1) is 0 Å². The Kier molecular flexibility index (Phi) is 2.73. The highest BCUT2D eigenvalue weighted by atomic mass is 16.3. The van der Waals surface area contributed by atoms with Gasteiger partial charge in [-0.25, -0.2) is 9.97 Å². The number of rotatable bonds is 2. The molecule has 19 heavy (non-hydrogen) atoms. The number of hydrogen-bond donors (Lipinski definition) is 0. The maximum atomic E-state index is 8.76. The molecule has 0 bridgehead atoms. The van der Waals surface area contributed by atoms with E-state index in [9.17, 15) is 0 Å². The molecule has 0 saturated carbocycles. The third kappa shape index (κ3) is 2.06. The molecule has 0 aliphatic heterocycles. The lowest BCUT2D eigenvalue weighted by molar-refractivity contribution is 0.616. The van der Waals surface area contributed by atoms with E-state index in [1.165, 1.54) is 0 Å². The van der Waals surface area contributed by atoms with E-state index in [0.717, 1.165) is 27.9 Å². The van der Waals surface area contributed by atoms with Crippen LogP contribution in [0.15, 0.2) is 41.0 Å². The van der Waals surface area contributed by atoms with E-state index in [4.69, 9.17) is 9.68 Å². The van der Waals surface area contributed by atoms with Gasteiger partial charge >= 0.3 is 0 Å². The molecule has 0 amide bonds. The second-order valence-electron chi connectivity index (χ2n) is 4.29. The smallest absolute Gasteiger partial charge is 0.143 e. The van der Waals surface area contributed by atoms with Gasteiger partial charge in [0.15, 0.2) is 0 Å². The Morgan fingerprint density at radius 1 is 1.26 bits per heavy atom. The molecule has 0 N–H and O–H groups in total. The highest BCUT2D eigenvalue weighted by Crippen LogP contribution is 2.29. The van der Waals surface area contributed by atoms with Crippen molar-refractivity contribution >= 4 is 11.0 Å². The maximum Gasteiger partial charge on any atom is 0.143 e. The van der Waals surface area contributed by atoms with E-state index in [1.807, 2.05) is 37.3 Å². The van der Waals surface area contributed by atoms with Crippen LogP contribution >= 0.6 is 0 Å². The van der Waals surface area contributed by atoms with Crippen molar-refractivity contribution in [2.45, 2.75) is 13.3 Å². The summed E-state index contributed by atoms with van der Waals surface area (Å²) in [5.41, 5.74) is 3.40. The number of aromatic nitrogens is 2. The van der Waals surface area contributed by atoms with Crippen molar-refractivity contribution in [1.82, 2.24) is 9.97 Å². The Hall–Kier alpha value is -2.67. The van der Waals surface area contributed by atoms with Crippen molar-refractivity contribution in [2.75, 3.05) is 0 Å². The minimum Gasteiger partial charge on any atom is -0.464 e. The summed E-state index contributed by atoms with van der Waals surface area (Å²) in [7, 11) is 0. The SMILES string of the molecule is Cc1cc(-c2coc3ccccc23)nc(CC#N)n1. The highest BCUT2D eigenvalue weighted by molar-refractivity contribution is 5.92. The van der Waals surface area contributed by atoms with Crippen molar-refractivity contribution < 1.29 is 4.42 Å². The van der Waals surface area contributed by atoms with Crippen LogP contribution in [0.2, 0.25) is 0 Å². The van der Waals surface area contributed by atoms with Crippen molar-refractivity contribution in [1.29, 1.82) is 5.26 Å². The number of furan rings is 1. The lowest BCUT2D eigenvalue weighted by Gasteiger charge is -2.02. The molecule has 2 aromatic heterocycles. The van der Waals surface area contributed by atoms with E-state index < -0.39 is 0 Å². The third-order valence-corrected chi connectivity index (χ3v) is 2.89. The summed E-state index contributed by atoms with van der Waals surface area (Å²) in [5.74, 6) is 0.544. The van der Waals surface area contributed by atoms with Crippen molar-refractivity contribution in [3.05, 3.63) is 48.1 Å². The van der Waals surface area contributed by atoms with Gasteiger partial charge in [-0.2, -0.15) is 5.26 Å². The van der Waals surface area contributed by atoms with E-state index in [2.05, 4.69) is 16.0 Å². The lowest BCUT2D eigenvalue weighted by atomic mass is 10.1. The monoisotopic (exact) mass is 249 g/mol. The third-order valence-electron chi connectivity index (χ3n) is 2.89. The number of aryl methyl sites for hydroxylation is 1. The summed E-state index contributed by atoms with van der Waals surface area (Å²) >= 11 is 0. The molecule has 1 aromatic carbocycles. The Morgan fingerprint density at radius 3 is 2.95 bits per heavy atom. The fourth-order valence-corrected chi connectivity index (χ4v) is 2.09. The molecule has 2 heterocycles. The van der Waals surface area contributed by atoms with E-state index >= 15 is 0 Å². The standard InChI is InChI=1S/C15H11N3O/c1-10-8-13(18-15(17-10)6-7-16)12-9-19-14-5-3-2-4-11(12)14/h2-5,8-9H,6H2,1H3. The zero-order valence-corrected chi connectivity index (χ0v) is 10.4. The molecular weight excluding hydrogens is 238 g/mol. The van der Waals surface area contributed by atoms with E-state index in [-0.39, 0.29) is 6.42 Å². The molecule has 4 heteroatoms. The van der Waals surface area contributed by atoms with Gasteiger partial charge < -0.3 is 4.42 Å². The number of fused-ring (bicyclic) bond motifs is 1. The van der Waals surface area contributed by atoms with Crippen LogP contribution in [0.3, 0.4) is 0 Å². The molecule has 0 saturated heterocycles. The van der Waals surface area contributed by atoms with Crippen LogP contribution in [0.1, 0.15) is 11.5 Å². The molecule has 0 fully saturated rings. The zero-order chi connectivity index (χ0) is 13.2. The normalized spacial score (nSPS) is 10.5. The number of nitriles is 1. The molecule has 0 unspecified atom stereocenters.